The van der Waals surface area contributed by atoms with Crippen LogP contribution in [-0.4, -0.2) is 26.9 Å². The van der Waals surface area contributed by atoms with Crippen LogP contribution >= 0.6 is 11.6 Å². The molecular weight excluding hydrogens is 408 g/mol. The summed E-state index contributed by atoms with van der Waals surface area (Å²) in [7, 11) is -3.93. The van der Waals surface area contributed by atoms with Gasteiger partial charge in [0.2, 0.25) is 0 Å². The molecule has 1 N–H and O–H groups in total. The number of anilines is 1. The van der Waals surface area contributed by atoms with Crippen molar-refractivity contribution in [3.05, 3.63) is 71.8 Å². The molecule has 1 fully saturated rings. The molecule has 1 aliphatic carbocycles. The molecule has 1 aliphatic rings. The summed E-state index contributed by atoms with van der Waals surface area (Å²) in [6, 6.07) is 13.0. The van der Waals surface area contributed by atoms with Gasteiger partial charge in [-0.25, -0.2) is 8.42 Å². The molecule has 0 bridgehead atoms. The maximum absolute atomic E-state index is 13.3. The summed E-state index contributed by atoms with van der Waals surface area (Å²) in [5.41, 5.74) is 0.695. The van der Waals surface area contributed by atoms with Crippen molar-refractivity contribution in [2.75, 3.05) is 10.8 Å². The Kier molecular flexibility index (Phi) is 6.98. The van der Waals surface area contributed by atoms with E-state index in [2.05, 4.69) is 11.9 Å². The molecular formula is C22H25ClN2O3S. The van der Waals surface area contributed by atoms with Crippen LogP contribution < -0.4 is 9.62 Å². The van der Waals surface area contributed by atoms with E-state index in [9.17, 15) is 13.2 Å². The number of benzene rings is 2. The highest BCUT2D eigenvalue weighted by atomic mass is 35.5. The normalized spacial score (nSPS) is 14.9. The van der Waals surface area contributed by atoms with Gasteiger partial charge in [0, 0.05) is 11.6 Å². The first kappa shape index (κ1) is 21.4. The number of hydrogen-bond donors (Lipinski definition) is 1. The van der Waals surface area contributed by atoms with Gasteiger partial charge < -0.3 is 5.32 Å². The third kappa shape index (κ3) is 5.00. The fourth-order valence-electron chi connectivity index (χ4n) is 3.54. The summed E-state index contributed by atoms with van der Waals surface area (Å²) in [5.74, 6) is -0.248. The third-order valence-electron chi connectivity index (χ3n) is 5.04. The predicted molar refractivity (Wildman–Crippen MR) is 117 cm³/mol. The van der Waals surface area contributed by atoms with E-state index in [-0.39, 0.29) is 23.4 Å². The van der Waals surface area contributed by atoms with Crippen LogP contribution in [0.1, 0.15) is 42.5 Å². The van der Waals surface area contributed by atoms with Gasteiger partial charge in [0.1, 0.15) is 0 Å². The van der Waals surface area contributed by atoms with E-state index in [1.165, 1.54) is 28.9 Å². The maximum atomic E-state index is 13.3. The van der Waals surface area contributed by atoms with E-state index in [0.29, 0.717) is 16.3 Å². The van der Waals surface area contributed by atoms with Crippen LogP contribution in [0.2, 0.25) is 5.02 Å². The number of carbonyl (C=O) groups excluding carboxylic acids is 1. The highest BCUT2D eigenvalue weighted by Crippen LogP contribution is 2.30. The first-order valence-corrected chi connectivity index (χ1v) is 11.5. The average molecular weight is 433 g/mol. The van der Waals surface area contributed by atoms with Gasteiger partial charge in [-0.1, -0.05) is 55.1 Å². The number of nitrogens with zero attached hydrogens (tertiary/aromatic N) is 1. The average Bonchev–Trinajstić information content (AvgIpc) is 2.73. The van der Waals surface area contributed by atoms with E-state index in [1.807, 2.05) is 0 Å². The highest BCUT2D eigenvalue weighted by molar-refractivity contribution is 7.92. The topological polar surface area (TPSA) is 66.5 Å². The molecule has 0 radical (unpaired) electrons. The quantitative estimate of drug-likeness (QED) is 0.640. The van der Waals surface area contributed by atoms with Crippen LogP contribution in [-0.2, 0) is 10.0 Å². The summed E-state index contributed by atoms with van der Waals surface area (Å²) in [6.07, 6.45) is 6.83. The second-order valence-corrected chi connectivity index (χ2v) is 9.38. The molecule has 29 heavy (non-hydrogen) atoms. The summed E-state index contributed by atoms with van der Waals surface area (Å²) < 4.78 is 27.9. The van der Waals surface area contributed by atoms with E-state index in [0.717, 1.165) is 25.7 Å². The van der Waals surface area contributed by atoms with E-state index >= 15 is 0 Å². The Hall–Kier alpha value is -2.31. The summed E-state index contributed by atoms with van der Waals surface area (Å²) in [4.78, 5) is 12.7. The molecule has 0 heterocycles. The van der Waals surface area contributed by atoms with Gasteiger partial charge in [0.05, 0.1) is 22.2 Å². The van der Waals surface area contributed by atoms with Gasteiger partial charge in [-0.2, -0.15) is 0 Å². The van der Waals surface area contributed by atoms with Gasteiger partial charge in [0.25, 0.3) is 15.9 Å². The molecule has 0 aromatic heterocycles. The van der Waals surface area contributed by atoms with Gasteiger partial charge in [-0.15, -0.1) is 6.58 Å². The lowest BCUT2D eigenvalue weighted by molar-refractivity contribution is 0.0927. The summed E-state index contributed by atoms with van der Waals surface area (Å²) in [5, 5.41) is 3.35. The minimum atomic E-state index is -3.93. The molecule has 1 amide bonds. The zero-order valence-corrected chi connectivity index (χ0v) is 17.8. The van der Waals surface area contributed by atoms with Gasteiger partial charge in [0.15, 0.2) is 0 Å². The Labute approximate surface area is 177 Å². The third-order valence-corrected chi connectivity index (χ3v) is 7.14. The Bertz CT molecular complexity index is 985. The zero-order chi connectivity index (χ0) is 20.9. The number of sulfonamides is 1. The largest absolute Gasteiger partial charge is 0.349 e. The standard InChI is InChI=1S/C22H25ClN2O3S/c1-2-15-25(21-14-7-6-13-20(21)23)29(27,28)19-12-8-9-17(16-19)22(26)24-18-10-4-3-5-11-18/h2,6-9,12-14,16,18H,1,3-5,10-11,15H2,(H,24,26). The molecule has 2 aromatic carbocycles. The maximum Gasteiger partial charge on any atom is 0.264 e. The summed E-state index contributed by atoms with van der Waals surface area (Å²) in [6.45, 7) is 3.72. The number of nitrogens with one attached hydrogen (secondary N) is 1. The van der Waals surface area contributed by atoms with Gasteiger partial charge in [-0.3, -0.25) is 9.10 Å². The Balaban J connectivity index is 1.89. The van der Waals surface area contributed by atoms with Crippen molar-refractivity contribution < 1.29 is 13.2 Å². The zero-order valence-electron chi connectivity index (χ0n) is 16.2. The first-order valence-electron chi connectivity index (χ1n) is 9.72. The molecule has 2 aromatic rings. The number of carbonyl (C=O) groups is 1. The number of amides is 1. The van der Waals surface area contributed by atoms with Crippen molar-refractivity contribution in [2.45, 2.75) is 43.0 Å². The lowest BCUT2D eigenvalue weighted by atomic mass is 9.95. The molecule has 0 unspecified atom stereocenters. The van der Waals surface area contributed by atoms with Gasteiger partial charge >= 0.3 is 0 Å². The van der Waals surface area contributed by atoms with Crippen molar-refractivity contribution in [1.82, 2.24) is 5.32 Å². The highest BCUT2D eigenvalue weighted by Gasteiger charge is 2.26. The number of hydrogen-bond acceptors (Lipinski definition) is 3. The molecule has 0 aliphatic heterocycles. The molecule has 154 valence electrons. The second-order valence-electron chi connectivity index (χ2n) is 7.11. The number of halogens is 1. The van der Waals surface area contributed by atoms with E-state index in [4.69, 9.17) is 11.6 Å². The van der Waals surface area contributed by atoms with Crippen molar-refractivity contribution in [2.24, 2.45) is 0 Å². The van der Waals surface area contributed by atoms with Crippen molar-refractivity contribution in [3.63, 3.8) is 0 Å². The Morgan fingerprint density at radius 1 is 1.14 bits per heavy atom. The van der Waals surface area contributed by atoms with E-state index in [1.54, 1.807) is 36.4 Å². The van der Waals surface area contributed by atoms with Crippen LogP contribution in [0.15, 0.2) is 66.1 Å². The monoisotopic (exact) mass is 432 g/mol. The number of rotatable bonds is 7. The summed E-state index contributed by atoms with van der Waals surface area (Å²) >= 11 is 6.23. The van der Waals surface area contributed by atoms with Crippen LogP contribution in [0.3, 0.4) is 0 Å². The molecule has 5 nitrogen and oxygen atoms in total. The molecule has 0 saturated heterocycles. The lowest BCUT2D eigenvalue weighted by Gasteiger charge is -2.25. The SMILES string of the molecule is C=CCN(c1ccccc1Cl)S(=O)(=O)c1cccc(C(=O)NC2CCCCC2)c1. The van der Waals surface area contributed by atoms with Crippen LogP contribution in [0.4, 0.5) is 5.69 Å². The fourth-order valence-corrected chi connectivity index (χ4v) is 5.33. The second kappa shape index (κ2) is 9.46. The smallest absolute Gasteiger partial charge is 0.264 e. The molecule has 0 spiro atoms. The Morgan fingerprint density at radius 2 is 1.86 bits per heavy atom. The van der Waals surface area contributed by atoms with Crippen LogP contribution in [0, 0.1) is 0 Å². The van der Waals surface area contributed by atoms with E-state index < -0.39 is 10.0 Å². The number of para-hydroxylation sites is 1. The molecule has 1 saturated carbocycles. The minimum Gasteiger partial charge on any atom is -0.349 e. The lowest BCUT2D eigenvalue weighted by Crippen LogP contribution is -2.36. The van der Waals surface area contributed by atoms with Crippen LogP contribution in [0.25, 0.3) is 0 Å². The Morgan fingerprint density at radius 3 is 2.55 bits per heavy atom. The molecule has 3 rings (SSSR count). The van der Waals surface area contributed by atoms with Crippen molar-refractivity contribution in [3.8, 4) is 0 Å². The van der Waals surface area contributed by atoms with Crippen molar-refractivity contribution in [1.29, 1.82) is 0 Å². The van der Waals surface area contributed by atoms with Crippen molar-refractivity contribution >= 4 is 33.2 Å². The van der Waals surface area contributed by atoms with Gasteiger partial charge in [-0.05, 0) is 43.2 Å². The molecule has 0 atom stereocenters. The first-order chi connectivity index (χ1) is 13.9. The molecule has 7 heteroatoms. The predicted octanol–water partition coefficient (Wildman–Crippen LogP) is 4.78. The van der Waals surface area contributed by atoms with Crippen LogP contribution in [0.5, 0.6) is 0 Å². The minimum absolute atomic E-state index is 0.0376. The fraction of sp³-hybridized carbons (Fsp3) is 0.318.